The van der Waals surface area contributed by atoms with E-state index in [0.717, 1.165) is 18.6 Å². The highest BCUT2D eigenvalue weighted by Crippen LogP contribution is 2.33. The summed E-state index contributed by atoms with van der Waals surface area (Å²) in [5, 5.41) is 36.8. The van der Waals surface area contributed by atoms with Gasteiger partial charge in [0.15, 0.2) is 0 Å². The van der Waals surface area contributed by atoms with E-state index in [2.05, 4.69) is 37.2 Å². The molecule has 23 heteroatoms. The molecule has 0 spiro atoms. The first-order valence-corrected chi connectivity index (χ1v) is 21.9. The zero-order valence-electron chi connectivity index (χ0n) is 34.8. The molecule has 3 fully saturated rings. The third kappa shape index (κ3) is 17.4. The lowest BCUT2D eigenvalue weighted by atomic mass is 9.92. The second kappa shape index (κ2) is 25.6. The molecule has 0 aromatic carbocycles. The number of urea groups is 1. The maximum atomic E-state index is 13.4. The fourth-order valence-corrected chi connectivity index (χ4v) is 9.12. The van der Waals surface area contributed by atoms with Crippen molar-refractivity contribution in [2.45, 2.75) is 133 Å². The molecule has 3 rings (SSSR count). The van der Waals surface area contributed by atoms with Gasteiger partial charge in [-0.3, -0.25) is 48.4 Å². The Morgan fingerprint density at radius 2 is 1.59 bits per heavy atom. The van der Waals surface area contributed by atoms with E-state index in [9.17, 15) is 53.1 Å². The topological polar surface area (TPSA) is 337 Å². The number of rotatable bonds is 27. The minimum absolute atomic E-state index is 0.0156. The van der Waals surface area contributed by atoms with Gasteiger partial charge in [-0.15, -0.1) is 0 Å². The van der Waals surface area contributed by atoms with E-state index in [1.165, 1.54) is 10.4 Å². The first-order chi connectivity index (χ1) is 29.0. The van der Waals surface area contributed by atoms with Crippen molar-refractivity contribution in [1.82, 2.24) is 47.6 Å². The molecular weight excluding hydrogens is 821 g/mol. The van der Waals surface area contributed by atoms with Crippen molar-refractivity contribution in [3.63, 3.8) is 0 Å². The van der Waals surface area contributed by atoms with Crippen molar-refractivity contribution in [3.8, 4) is 0 Å². The zero-order chi connectivity index (χ0) is 45.1. The van der Waals surface area contributed by atoms with E-state index in [-0.39, 0.29) is 62.2 Å². The van der Waals surface area contributed by atoms with Crippen LogP contribution in [0.4, 0.5) is 4.79 Å². The lowest BCUT2D eigenvalue weighted by Gasteiger charge is -2.29. The van der Waals surface area contributed by atoms with Crippen molar-refractivity contribution in [1.29, 1.82) is 0 Å². The number of unbranched alkanes of at least 4 members (excludes halogenated alkanes) is 2. The van der Waals surface area contributed by atoms with Crippen LogP contribution in [0.5, 0.6) is 0 Å². The van der Waals surface area contributed by atoms with Crippen molar-refractivity contribution in [2.75, 3.05) is 31.9 Å². The fraction of sp³-hybridized carbons (Fsp3) is 0.737. The number of aliphatic carboxylic acids is 1. The van der Waals surface area contributed by atoms with Gasteiger partial charge < -0.3 is 53.0 Å². The van der Waals surface area contributed by atoms with Gasteiger partial charge in [-0.25, -0.2) is 10.3 Å². The number of nitrogens with one attached hydrogen (secondary N) is 8. The minimum atomic E-state index is -1.40. The third-order valence-corrected chi connectivity index (χ3v) is 12.2. The van der Waals surface area contributed by atoms with Crippen LogP contribution in [0.15, 0.2) is 0 Å². The van der Waals surface area contributed by atoms with Gasteiger partial charge >= 0.3 is 12.0 Å². The van der Waals surface area contributed by atoms with Crippen molar-refractivity contribution >= 4 is 71.0 Å². The Bertz CT molecular complexity index is 1600. The summed E-state index contributed by atoms with van der Waals surface area (Å²) >= 11 is 1.83. The monoisotopic (exact) mass is 882 g/mol. The van der Waals surface area contributed by atoms with Gasteiger partial charge in [0, 0.05) is 49.3 Å². The van der Waals surface area contributed by atoms with Crippen molar-refractivity contribution < 1.29 is 58.3 Å². The summed E-state index contributed by atoms with van der Waals surface area (Å²) in [4.78, 5) is 125. The molecular formula is C38H62N10O12S. The molecule has 12 N–H and O–H groups in total. The highest BCUT2D eigenvalue weighted by atomic mass is 32.2. The molecule has 0 radical (unpaired) electrons. The Kier molecular flexibility index (Phi) is 21.0. The molecule has 0 aromatic heterocycles. The molecule has 3 saturated heterocycles. The number of likely N-dealkylation sites (tertiary alicyclic amines) is 1. The van der Waals surface area contributed by atoms with E-state index in [1.807, 2.05) is 25.6 Å². The number of thioether (sulfide) groups is 1. The van der Waals surface area contributed by atoms with Crippen LogP contribution in [-0.2, 0) is 43.2 Å². The zero-order valence-corrected chi connectivity index (χ0v) is 35.6. The maximum Gasteiger partial charge on any atom is 0.315 e. The smallest absolute Gasteiger partial charge is 0.315 e. The quantitative estimate of drug-likeness (QED) is 0.0186. The van der Waals surface area contributed by atoms with E-state index >= 15 is 0 Å². The van der Waals surface area contributed by atoms with Gasteiger partial charge in [0.2, 0.25) is 47.3 Å². The normalized spacial score (nSPS) is 20.6. The highest BCUT2D eigenvalue weighted by molar-refractivity contribution is 8.00. The van der Waals surface area contributed by atoms with Crippen LogP contribution in [0, 0.1) is 11.8 Å². The second-order valence-electron chi connectivity index (χ2n) is 16.0. The second-order valence-corrected chi connectivity index (χ2v) is 17.3. The molecule has 0 aromatic rings. The Morgan fingerprint density at radius 3 is 2.28 bits per heavy atom. The molecule has 0 bridgehead atoms. The molecule has 342 valence electrons. The average Bonchev–Trinajstić information content (AvgIpc) is 3.94. The Balaban J connectivity index is 1.36. The minimum Gasteiger partial charge on any atom is -0.481 e. The van der Waals surface area contributed by atoms with Gasteiger partial charge in [0.05, 0.1) is 25.2 Å². The molecule has 22 nitrogen and oxygen atoms in total. The maximum absolute atomic E-state index is 13.4. The summed E-state index contributed by atoms with van der Waals surface area (Å²) < 4.78 is 0. The van der Waals surface area contributed by atoms with Crippen molar-refractivity contribution in [2.24, 2.45) is 17.6 Å². The number of carbonyl (C=O) groups is 10. The SMILES string of the molecule is CC(C)CC(CC(=O)NO)C(=O)N1CCC[C@H]1C(=O)N[C@@H](CCC(=O)O)C(=O)NCC(=O)NCC(=O)N[C@@H](CCCCNC(=O)CCCC[C@@H]1SC[C@@H]2NC(=O)N[C@@H]21)C(N)=O. The number of carbonyl (C=O) groups excluding carboxylic acids is 9. The Hall–Kier alpha value is -5.19. The number of hydroxylamine groups is 1. The van der Waals surface area contributed by atoms with Gasteiger partial charge in [-0.1, -0.05) is 20.3 Å². The standard InChI is InChI=1S/C38H62N10O12S/c1-21(2)16-22(17-29(50)47-60)37(58)48-15-7-9-26(48)36(57)44-24(12-13-32(53)54)35(56)42-18-30(51)41-19-31(52)43-23(34(39)55)8-5-6-14-40-28(49)11-4-3-10-27-33-25(20-61-27)45-38(59)46-33/h21-27,33,60H,3-20H2,1-2H3,(H2,39,55)(H,40,49)(H,41,51)(H,42,56)(H,43,52)(H,44,57)(H,47,50)(H,53,54)(H2,45,46,59)/t22?,23-,24-,25-,26-,27-,33-/m0/s1. The van der Waals surface area contributed by atoms with Crippen LogP contribution in [0.2, 0.25) is 0 Å². The molecule has 7 atom stereocenters. The number of hydrogen-bond donors (Lipinski definition) is 11. The van der Waals surface area contributed by atoms with E-state index in [4.69, 9.17) is 10.9 Å². The lowest BCUT2D eigenvalue weighted by molar-refractivity contribution is -0.145. The van der Waals surface area contributed by atoms with Gasteiger partial charge in [0.25, 0.3) is 0 Å². The summed E-state index contributed by atoms with van der Waals surface area (Å²) in [6.07, 6.45) is 3.86. The fourth-order valence-electron chi connectivity index (χ4n) is 7.58. The van der Waals surface area contributed by atoms with Crippen LogP contribution < -0.4 is 48.4 Å². The van der Waals surface area contributed by atoms with E-state index in [0.29, 0.717) is 50.3 Å². The van der Waals surface area contributed by atoms with Crippen LogP contribution in [-0.4, -0.2) is 142 Å². The summed E-state index contributed by atoms with van der Waals surface area (Å²) in [6.45, 7) is 3.07. The molecule has 3 aliphatic rings. The lowest BCUT2D eigenvalue weighted by Crippen LogP contribution is -2.55. The first-order valence-electron chi connectivity index (χ1n) is 20.8. The van der Waals surface area contributed by atoms with E-state index < -0.39 is 90.9 Å². The summed E-state index contributed by atoms with van der Waals surface area (Å²) in [7, 11) is 0. The van der Waals surface area contributed by atoms with E-state index in [1.54, 1.807) is 0 Å². The molecule has 0 aliphatic carbocycles. The number of primary amides is 1. The largest absolute Gasteiger partial charge is 0.481 e. The van der Waals surface area contributed by atoms with Crippen LogP contribution in [0.1, 0.15) is 97.3 Å². The average molecular weight is 883 g/mol. The third-order valence-electron chi connectivity index (χ3n) is 10.7. The van der Waals surface area contributed by atoms with Gasteiger partial charge in [-0.2, -0.15) is 11.8 Å². The number of carboxylic acid groups (broad SMARTS) is 1. The number of amides is 10. The van der Waals surface area contributed by atoms with Crippen LogP contribution in [0.3, 0.4) is 0 Å². The van der Waals surface area contributed by atoms with Gasteiger partial charge in [-0.05, 0) is 63.7 Å². The first kappa shape index (κ1) is 50.2. The number of nitrogens with two attached hydrogens (primary N) is 1. The molecule has 61 heavy (non-hydrogen) atoms. The number of hydrogen-bond acceptors (Lipinski definition) is 12. The Morgan fingerprint density at radius 1 is 0.852 bits per heavy atom. The molecule has 1 unspecified atom stereocenters. The van der Waals surface area contributed by atoms with Crippen molar-refractivity contribution in [3.05, 3.63) is 0 Å². The predicted molar refractivity (Wildman–Crippen MR) is 219 cm³/mol. The number of nitrogens with zero attached hydrogens (tertiary/aromatic N) is 1. The Labute approximate surface area is 358 Å². The van der Waals surface area contributed by atoms with Crippen LogP contribution in [0.25, 0.3) is 0 Å². The highest BCUT2D eigenvalue weighted by Gasteiger charge is 2.43. The summed E-state index contributed by atoms with van der Waals surface area (Å²) in [5.74, 6) is -6.43. The summed E-state index contributed by atoms with van der Waals surface area (Å²) in [5.41, 5.74) is 6.98. The number of fused-ring (bicyclic) bond motifs is 1. The molecule has 0 saturated carbocycles. The number of carboxylic acids is 1. The summed E-state index contributed by atoms with van der Waals surface area (Å²) in [6, 6.07) is -3.29. The molecule has 3 heterocycles. The predicted octanol–water partition coefficient (Wildman–Crippen LogP) is -1.90. The molecule has 3 aliphatic heterocycles. The van der Waals surface area contributed by atoms with Gasteiger partial charge in [0.1, 0.15) is 18.1 Å². The molecule has 10 amide bonds. The van der Waals surface area contributed by atoms with Crippen LogP contribution >= 0.6 is 11.8 Å².